The molecule has 0 aromatic heterocycles. The van der Waals surface area contributed by atoms with Crippen LogP contribution in [-0.2, 0) is 14.3 Å². The van der Waals surface area contributed by atoms with Crippen molar-refractivity contribution in [3.63, 3.8) is 0 Å². The van der Waals surface area contributed by atoms with E-state index < -0.39 is 18.0 Å². The molecule has 9 heteroatoms. The van der Waals surface area contributed by atoms with E-state index in [1.54, 1.807) is 38.4 Å². The zero-order chi connectivity index (χ0) is 21.6. The van der Waals surface area contributed by atoms with Gasteiger partial charge in [0.1, 0.15) is 0 Å². The lowest BCUT2D eigenvalue weighted by atomic mass is 10.2. The van der Waals surface area contributed by atoms with Gasteiger partial charge in [-0.2, -0.15) is 0 Å². The van der Waals surface area contributed by atoms with Crippen LogP contribution in [0.4, 0.5) is 5.69 Å². The SMILES string of the molecule is C[C@@H](OC(=O)c1ccccc1SCC(=O)N(C)C)C(=O)Nc1cc(Cl)cc(Cl)c1. The smallest absolute Gasteiger partial charge is 0.340 e. The maximum atomic E-state index is 12.6. The van der Waals surface area contributed by atoms with Crippen molar-refractivity contribution in [3.8, 4) is 0 Å². The molecule has 0 spiro atoms. The Balaban J connectivity index is 2.03. The average Bonchev–Trinajstić information content (AvgIpc) is 2.65. The summed E-state index contributed by atoms with van der Waals surface area (Å²) >= 11 is 13.1. The number of anilines is 1. The highest BCUT2D eigenvalue weighted by Gasteiger charge is 2.21. The Hall–Kier alpha value is -2.22. The Morgan fingerprint density at radius 1 is 1.10 bits per heavy atom. The predicted molar refractivity (Wildman–Crippen MR) is 116 cm³/mol. The number of carbonyl (C=O) groups is 3. The van der Waals surface area contributed by atoms with Crippen LogP contribution in [-0.4, -0.2) is 48.6 Å². The molecule has 0 aliphatic rings. The number of nitrogens with one attached hydrogen (secondary N) is 1. The molecule has 0 heterocycles. The van der Waals surface area contributed by atoms with Crippen LogP contribution < -0.4 is 5.32 Å². The Labute approximate surface area is 183 Å². The molecule has 0 aliphatic carbocycles. The van der Waals surface area contributed by atoms with Crippen molar-refractivity contribution in [2.45, 2.75) is 17.9 Å². The minimum absolute atomic E-state index is 0.0777. The first-order valence-corrected chi connectivity index (χ1v) is 10.3. The molecule has 2 rings (SSSR count). The van der Waals surface area contributed by atoms with Crippen molar-refractivity contribution in [1.82, 2.24) is 4.90 Å². The Morgan fingerprint density at radius 3 is 2.34 bits per heavy atom. The fourth-order valence-electron chi connectivity index (χ4n) is 2.18. The van der Waals surface area contributed by atoms with Crippen molar-refractivity contribution < 1.29 is 19.1 Å². The summed E-state index contributed by atoms with van der Waals surface area (Å²) in [6.45, 7) is 1.46. The van der Waals surface area contributed by atoms with Crippen LogP contribution in [0, 0.1) is 0 Å². The van der Waals surface area contributed by atoms with Gasteiger partial charge in [0.05, 0.1) is 11.3 Å². The standard InChI is InChI=1S/C20H20Cl2N2O4S/c1-12(19(26)23-15-9-13(21)8-14(22)10-15)28-20(27)16-6-4-5-7-17(16)29-11-18(25)24(2)3/h4-10,12H,11H2,1-3H3,(H,23,26)/t12-/m1/s1. The average molecular weight is 455 g/mol. The molecule has 0 saturated heterocycles. The molecule has 6 nitrogen and oxygen atoms in total. The number of benzene rings is 2. The molecule has 0 fully saturated rings. The third-order valence-corrected chi connectivity index (χ3v) is 5.23. The molecule has 2 amide bonds. The third kappa shape index (κ3) is 6.96. The van der Waals surface area contributed by atoms with Crippen molar-refractivity contribution >= 4 is 58.4 Å². The topological polar surface area (TPSA) is 75.7 Å². The predicted octanol–water partition coefficient (Wildman–Crippen LogP) is 4.36. The second-order valence-corrected chi connectivity index (χ2v) is 8.16. The summed E-state index contributed by atoms with van der Waals surface area (Å²) in [5, 5.41) is 3.35. The maximum absolute atomic E-state index is 12.6. The molecule has 154 valence electrons. The van der Waals surface area contributed by atoms with Gasteiger partial charge in [0, 0.05) is 34.7 Å². The zero-order valence-corrected chi connectivity index (χ0v) is 18.4. The van der Waals surface area contributed by atoms with Crippen LogP contribution in [0.1, 0.15) is 17.3 Å². The van der Waals surface area contributed by atoms with E-state index in [2.05, 4.69) is 5.32 Å². The quantitative estimate of drug-likeness (QED) is 0.496. The molecular weight excluding hydrogens is 435 g/mol. The van der Waals surface area contributed by atoms with E-state index in [1.807, 2.05) is 0 Å². The molecular formula is C20H20Cl2N2O4S. The van der Waals surface area contributed by atoms with Crippen molar-refractivity contribution in [2.24, 2.45) is 0 Å². The van der Waals surface area contributed by atoms with Gasteiger partial charge < -0.3 is 15.0 Å². The van der Waals surface area contributed by atoms with Crippen molar-refractivity contribution in [1.29, 1.82) is 0 Å². The van der Waals surface area contributed by atoms with Gasteiger partial charge in [0.2, 0.25) is 5.91 Å². The van der Waals surface area contributed by atoms with Gasteiger partial charge in [0.15, 0.2) is 6.10 Å². The molecule has 0 bridgehead atoms. The molecule has 2 aromatic carbocycles. The van der Waals surface area contributed by atoms with Gasteiger partial charge in [0.25, 0.3) is 5.91 Å². The summed E-state index contributed by atoms with van der Waals surface area (Å²) in [6.07, 6.45) is -1.05. The molecule has 0 aliphatic heterocycles. The maximum Gasteiger partial charge on any atom is 0.340 e. The summed E-state index contributed by atoms with van der Waals surface area (Å²) in [5.41, 5.74) is 0.683. The fourth-order valence-corrected chi connectivity index (χ4v) is 3.72. The van der Waals surface area contributed by atoms with Gasteiger partial charge >= 0.3 is 5.97 Å². The van der Waals surface area contributed by atoms with Gasteiger partial charge in [-0.1, -0.05) is 35.3 Å². The lowest BCUT2D eigenvalue weighted by Crippen LogP contribution is -2.30. The number of carbonyl (C=O) groups excluding carboxylic acids is 3. The summed E-state index contributed by atoms with van der Waals surface area (Å²) < 4.78 is 5.30. The highest BCUT2D eigenvalue weighted by Crippen LogP contribution is 2.25. The van der Waals surface area contributed by atoms with E-state index in [0.29, 0.717) is 20.6 Å². The Kier molecular flexibility index (Phi) is 8.37. The molecule has 0 radical (unpaired) electrons. The zero-order valence-electron chi connectivity index (χ0n) is 16.1. The first-order chi connectivity index (χ1) is 13.7. The van der Waals surface area contributed by atoms with E-state index in [9.17, 15) is 14.4 Å². The number of hydrogen-bond donors (Lipinski definition) is 1. The second kappa shape index (κ2) is 10.5. The monoisotopic (exact) mass is 454 g/mol. The molecule has 0 unspecified atom stereocenters. The number of halogens is 2. The highest BCUT2D eigenvalue weighted by atomic mass is 35.5. The number of rotatable bonds is 7. The molecule has 29 heavy (non-hydrogen) atoms. The number of ether oxygens (including phenoxy) is 1. The first-order valence-electron chi connectivity index (χ1n) is 8.57. The van der Waals surface area contributed by atoms with E-state index in [-0.39, 0.29) is 17.2 Å². The second-order valence-electron chi connectivity index (χ2n) is 6.27. The highest BCUT2D eigenvalue weighted by molar-refractivity contribution is 8.00. The van der Waals surface area contributed by atoms with E-state index in [0.717, 1.165) is 0 Å². The first kappa shape index (κ1) is 23.1. The normalized spacial score (nSPS) is 11.5. The van der Waals surface area contributed by atoms with Crippen LogP contribution in [0.2, 0.25) is 10.0 Å². The van der Waals surface area contributed by atoms with Crippen LogP contribution >= 0.6 is 35.0 Å². The Bertz CT molecular complexity index is 901. The largest absolute Gasteiger partial charge is 0.449 e. The number of esters is 1. The lowest BCUT2D eigenvalue weighted by molar-refractivity contribution is -0.126. The fraction of sp³-hybridized carbons (Fsp3) is 0.250. The molecule has 0 saturated carbocycles. The van der Waals surface area contributed by atoms with Gasteiger partial charge in [-0.15, -0.1) is 11.8 Å². The summed E-state index contributed by atoms with van der Waals surface area (Å²) in [5.74, 6) is -1.07. The summed E-state index contributed by atoms with van der Waals surface area (Å²) in [7, 11) is 3.33. The van der Waals surface area contributed by atoms with Gasteiger partial charge in [-0.25, -0.2) is 4.79 Å². The number of thioether (sulfide) groups is 1. The van der Waals surface area contributed by atoms with E-state index in [4.69, 9.17) is 27.9 Å². The Morgan fingerprint density at radius 2 is 1.72 bits per heavy atom. The van der Waals surface area contributed by atoms with Crippen LogP contribution in [0.5, 0.6) is 0 Å². The molecule has 2 aromatic rings. The third-order valence-electron chi connectivity index (χ3n) is 3.74. The number of hydrogen-bond acceptors (Lipinski definition) is 5. The van der Waals surface area contributed by atoms with Crippen molar-refractivity contribution in [2.75, 3.05) is 25.2 Å². The lowest BCUT2D eigenvalue weighted by Gasteiger charge is -2.15. The van der Waals surface area contributed by atoms with Crippen LogP contribution in [0.25, 0.3) is 0 Å². The molecule has 1 atom stereocenters. The summed E-state index contributed by atoms with van der Waals surface area (Å²) in [6, 6.07) is 11.4. The number of nitrogens with zero attached hydrogens (tertiary/aromatic N) is 1. The number of amides is 2. The van der Waals surface area contributed by atoms with Crippen molar-refractivity contribution in [3.05, 3.63) is 58.1 Å². The van der Waals surface area contributed by atoms with Crippen LogP contribution in [0.3, 0.4) is 0 Å². The van der Waals surface area contributed by atoms with Crippen LogP contribution in [0.15, 0.2) is 47.4 Å². The molecule has 1 N–H and O–H groups in total. The minimum Gasteiger partial charge on any atom is -0.449 e. The van der Waals surface area contributed by atoms with E-state index in [1.165, 1.54) is 41.8 Å². The van der Waals surface area contributed by atoms with Gasteiger partial charge in [-0.05, 0) is 37.3 Å². The van der Waals surface area contributed by atoms with Gasteiger partial charge in [-0.3, -0.25) is 9.59 Å². The minimum atomic E-state index is -1.05. The summed E-state index contributed by atoms with van der Waals surface area (Å²) in [4.78, 5) is 38.8. The van der Waals surface area contributed by atoms with E-state index >= 15 is 0 Å².